The first-order chi connectivity index (χ1) is 9.70. The van der Waals surface area contributed by atoms with E-state index in [-0.39, 0.29) is 5.56 Å². The molecule has 0 saturated carbocycles. The second-order valence-corrected chi connectivity index (χ2v) is 4.90. The third-order valence-electron chi connectivity index (χ3n) is 3.28. The van der Waals surface area contributed by atoms with Crippen molar-refractivity contribution in [3.63, 3.8) is 0 Å². The lowest BCUT2D eigenvalue weighted by molar-refractivity contribution is 0.123. The van der Waals surface area contributed by atoms with Gasteiger partial charge < -0.3 is 14.1 Å². The molecule has 1 aliphatic heterocycles. The lowest BCUT2D eigenvalue weighted by Crippen LogP contribution is -2.37. The number of benzene rings is 1. The van der Waals surface area contributed by atoms with Crippen LogP contribution in [0.5, 0.6) is 0 Å². The van der Waals surface area contributed by atoms with Crippen molar-refractivity contribution in [3.05, 3.63) is 39.2 Å². The lowest BCUT2D eigenvalue weighted by atomic mass is 10.1. The molecule has 2 heterocycles. The van der Waals surface area contributed by atoms with E-state index in [1.807, 2.05) is 11.0 Å². The number of nitrogens with zero attached hydrogens (tertiary/aromatic N) is 2. The first-order valence-electron chi connectivity index (χ1n) is 6.20. The van der Waals surface area contributed by atoms with Gasteiger partial charge in [-0.3, -0.25) is 0 Å². The molecule has 0 aliphatic carbocycles. The molecule has 1 aliphatic rings. The van der Waals surface area contributed by atoms with Gasteiger partial charge in [-0.1, -0.05) is 11.6 Å². The minimum atomic E-state index is -0.621. The molecule has 1 fully saturated rings. The van der Waals surface area contributed by atoms with Crippen LogP contribution in [0.1, 0.15) is 5.56 Å². The Hall–Kier alpha value is -2.03. The van der Waals surface area contributed by atoms with Crippen molar-refractivity contribution in [3.8, 4) is 6.07 Å². The van der Waals surface area contributed by atoms with E-state index in [2.05, 4.69) is 0 Å². The third kappa shape index (κ3) is 2.13. The molecule has 0 atom stereocenters. The Morgan fingerprint density at radius 3 is 2.75 bits per heavy atom. The van der Waals surface area contributed by atoms with E-state index in [0.717, 1.165) is 0 Å². The topological polar surface area (TPSA) is 66.5 Å². The van der Waals surface area contributed by atoms with Crippen molar-refractivity contribution >= 4 is 28.3 Å². The van der Waals surface area contributed by atoms with Crippen molar-refractivity contribution in [1.82, 2.24) is 0 Å². The number of nitriles is 1. The van der Waals surface area contributed by atoms with Gasteiger partial charge in [-0.25, -0.2) is 4.79 Å². The van der Waals surface area contributed by atoms with Crippen LogP contribution in [0.25, 0.3) is 11.0 Å². The largest absolute Gasteiger partial charge is 0.422 e. The van der Waals surface area contributed by atoms with Gasteiger partial charge in [0.15, 0.2) is 5.56 Å². The van der Waals surface area contributed by atoms with Crippen LogP contribution in [0, 0.1) is 11.3 Å². The number of rotatable bonds is 1. The smallest absolute Gasteiger partial charge is 0.356 e. The van der Waals surface area contributed by atoms with Crippen molar-refractivity contribution < 1.29 is 9.15 Å². The van der Waals surface area contributed by atoms with E-state index >= 15 is 0 Å². The van der Waals surface area contributed by atoms with E-state index in [1.165, 1.54) is 0 Å². The van der Waals surface area contributed by atoms with Gasteiger partial charge in [-0.2, -0.15) is 5.26 Å². The molecule has 1 aromatic carbocycles. The molecular weight excluding hydrogens is 280 g/mol. The molecule has 0 amide bonds. The summed E-state index contributed by atoms with van der Waals surface area (Å²) in [5, 5.41) is 10.5. The van der Waals surface area contributed by atoms with Crippen molar-refractivity contribution in [1.29, 1.82) is 5.26 Å². The number of morpholine rings is 1. The van der Waals surface area contributed by atoms with Gasteiger partial charge >= 0.3 is 5.63 Å². The highest BCUT2D eigenvalue weighted by Gasteiger charge is 2.22. The molecule has 102 valence electrons. The first-order valence-corrected chi connectivity index (χ1v) is 6.57. The molecule has 0 spiro atoms. The average molecular weight is 291 g/mol. The summed E-state index contributed by atoms with van der Waals surface area (Å²) in [5.41, 5.74) is 0.412. The Kier molecular flexibility index (Phi) is 3.35. The van der Waals surface area contributed by atoms with Crippen LogP contribution >= 0.6 is 11.6 Å². The fraction of sp³-hybridized carbons (Fsp3) is 0.286. The molecule has 1 saturated heterocycles. The predicted molar refractivity (Wildman–Crippen MR) is 75.2 cm³/mol. The molecule has 2 aromatic rings. The zero-order valence-corrected chi connectivity index (χ0v) is 11.3. The van der Waals surface area contributed by atoms with E-state index in [1.54, 1.807) is 18.2 Å². The maximum Gasteiger partial charge on any atom is 0.356 e. The molecule has 3 rings (SSSR count). The zero-order valence-electron chi connectivity index (χ0n) is 10.6. The van der Waals surface area contributed by atoms with Crippen LogP contribution in [-0.4, -0.2) is 26.3 Å². The third-order valence-corrected chi connectivity index (χ3v) is 3.51. The Bertz CT molecular complexity index is 757. The molecule has 0 bridgehead atoms. The molecule has 0 radical (unpaired) electrons. The van der Waals surface area contributed by atoms with Crippen LogP contribution in [0.3, 0.4) is 0 Å². The van der Waals surface area contributed by atoms with Gasteiger partial charge in [0.25, 0.3) is 0 Å². The molecule has 6 heteroatoms. The summed E-state index contributed by atoms with van der Waals surface area (Å²) in [5.74, 6) is 0. The fourth-order valence-corrected chi connectivity index (χ4v) is 2.54. The summed E-state index contributed by atoms with van der Waals surface area (Å²) in [6.07, 6.45) is 0. The Morgan fingerprint density at radius 2 is 2.05 bits per heavy atom. The number of anilines is 1. The van der Waals surface area contributed by atoms with E-state index < -0.39 is 5.63 Å². The summed E-state index contributed by atoms with van der Waals surface area (Å²) in [4.78, 5) is 13.9. The minimum absolute atomic E-state index is 0.0154. The summed E-state index contributed by atoms with van der Waals surface area (Å²) in [7, 11) is 0. The molecule has 0 unspecified atom stereocenters. The summed E-state index contributed by atoms with van der Waals surface area (Å²) in [6.45, 7) is 2.37. The molecular formula is C14H11ClN2O3. The highest BCUT2D eigenvalue weighted by Crippen LogP contribution is 2.31. The van der Waals surface area contributed by atoms with Gasteiger partial charge in [0, 0.05) is 23.5 Å². The lowest BCUT2D eigenvalue weighted by Gasteiger charge is -2.30. The molecule has 5 nitrogen and oxygen atoms in total. The van der Waals surface area contributed by atoms with Crippen molar-refractivity contribution in [2.75, 3.05) is 31.2 Å². The summed E-state index contributed by atoms with van der Waals surface area (Å²) in [6, 6.07) is 6.95. The van der Waals surface area contributed by atoms with Crippen molar-refractivity contribution in [2.24, 2.45) is 0 Å². The summed E-state index contributed by atoms with van der Waals surface area (Å²) < 4.78 is 10.5. The minimum Gasteiger partial charge on any atom is -0.422 e. The number of ether oxygens (including phenoxy) is 1. The normalized spacial score (nSPS) is 15.3. The molecule has 0 N–H and O–H groups in total. The van der Waals surface area contributed by atoms with Gasteiger partial charge in [0.05, 0.1) is 18.9 Å². The van der Waals surface area contributed by atoms with Crippen LogP contribution in [0.2, 0.25) is 5.02 Å². The van der Waals surface area contributed by atoms with Crippen LogP contribution < -0.4 is 10.5 Å². The van der Waals surface area contributed by atoms with Crippen molar-refractivity contribution in [2.45, 2.75) is 0 Å². The van der Waals surface area contributed by atoms with Crippen LogP contribution in [0.15, 0.2) is 27.4 Å². The average Bonchev–Trinajstić information content (AvgIpc) is 2.47. The number of hydrogen-bond donors (Lipinski definition) is 0. The fourth-order valence-electron chi connectivity index (χ4n) is 2.37. The Labute approximate surface area is 119 Å². The Morgan fingerprint density at radius 1 is 1.30 bits per heavy atom. The van der Waals surface area contributed by atoms with Gasteiger partial charge in [-0.05, 0) is 18.2 Å². The SMILES string of the molecule is N#Cc1c(N2CCOCC2)c2cc(Cl)ccc2oc1=O. The summed E-state index contributed by atoms with van der Waals surface area (Å²) >= 11 is 6.02. The predicted octanol–water partition coefficient (Wildman–Crippen LogP) is 2.15. The maximum absolute atomic E-state index is 11.9. The van der Waals surface area contributed by atoms with Gasteiger partial charge in [0.2, 0.25) is 0 Å². The number of fused-ring (bicyclic) bond motifs is 1. The molecule has 1 aromatic heterocycles. The van der Waals surface area contributed by atoms with Gasteiger partial charge in [0.1, 0.15) is 11.7 Å². The zero-order chi connectivity index (χ0) is 14.1. The number of halogens is 1. The number of hydrogen-bond acceptors (Lipinski definition) is 5. The maximum atomic E-state index is 11.9. The van der Waals surface area contributed by atoms with E-state index in [9.17, 15) is 10.1 Å². The van der Waals surface area contributed by atoms with Gasteiger partial charge in [-0.15, -0.1) is 0 Å². The molecule has 20 heavy (non-hydrogen) atoms. The Balaban J connectivity index is 2.32. The second-order valence-electron chi connectivity index (χ2n) is 4.46. The monoisotopic (exact) mass is 290 g/mol. The quantitative estimate of drug-likeness (QED) is 0.753. The first kappa shape index (κ1) is 13.0. The van der Waals surface area contributed by atoms with E-state index in [0.29, 0.717) is 48.0 Å². The van der Waals surface area contributed by atoms with Crippen LogP contribution in [0.4, 0.5) is 5.69 Å². The second kappa shape index (κ2) is 5.16. The standard InChI is InChI=1S/C14H11ClN2O3/c15-9-1-2-12-10(7-9)13(11(8-16)14(18)20-12)17-3-5-19-6-4-17/h1-2,7H,3-6H2. The highest BCUT2D eigenvalue weighted by atomic mass is 35.5. The highest BCUT2D eigenvalue weighted by molar-refractivity contribution is 6.31. The van der Waals surface area contributed by atoms with E-state index in [4.69, 9.17) is 20.8 Å². The van der Waals surface area contributed by atoms with Crippen LogP contribution in [-0.2, 0) is 4.74 Å².